The highest BCUT2D eigenvalue weighted by molar-refractivity contribution is 6.31. The number of fused-ring (bicyclic) bond motifs is 1. The fraction of sp³-hybridized carbons (Fsp3) is 0.500. The van der Waals surface area contributed by atoms with Crippen LogP contribution in [0.25, 0.3) is 11.0 Å². The monoisotopic (exact) mass is 321 g/mol. The highest BCUT2D eigenvalue weighted by atomic mass is 35.5. The summed E-state index contributed by atoms with van der Waals surface area (Å²) in [6.07, 6.45) is 2.50. The van der Waals surface area contributed by atoms with E-state index in [1.165, 1.54) is 0 Å². The molecular weight excluding hydrogens is 302 g/mol. The molecule has 2 heterocycles. The third-order valence-corrected chi connectivity index (χ3v) is 4.30. The largest absolute Gasteiger partial charge is 0.381 e. The second kappa shape index (κ2) is 6.67. The molecule has 1 saturated heterocycles. The Morgan fingerprint density at radius 2 is 2.23 bits per heavy atom. The van der Waals surface area contributed by atoms with E-state index >= 15 is 0 Å². The Hall–Kier alpha value is -1.59. The Morgan fingerprint density at radius 3 is 2.95 bits per heavy atom. The van der Waals surface area contributed by atoms with Crippen LogP contribution in [-0.2, 0) is 16.1 Å². The van der Waals surface area contributed by atoms with Gasteiger partial charge in [-0.05, 0) is 37.0 Å². The van der Waals surface area contributed by atoms with Crippen molar-refractivity contribution in [3.63, 3.8) is 0 Å². The van der Waals surface area contributed by atoms with Crippen LogP contribution < -0.4 is 5.32 Å². The van der Waals surface area contributed by atoms with Crippen LogP contribution in [0, 0.1) is 5.92 Å². The van der Waals surface area contributed by atoms with Crippen molar-refractivity contribution in [3.8, 4) is 0 Å². The minimum absolute atomic E-state index is 0.0327. The van der Waals surface area contributed by atoms with Gasteiger partial charge in [-0.3, -0.25) is 10.1 Å². The average Bonchev–Trinajstić information content (AvgIpc) is 2.84. The van der Waals surface area contributed by atoms with E-state index in [0.717, 1.165) is 43.6 Å². The number of hydrogen-bond donors (Lipinski definition) is 1. The first-order valence-electron chi connectivity index (χ1n) is 7.70. The molecule has 0 bridgehead atoms. The van der Waals surface area contributed by atoms with Gasteiger partial charge < -0.3 is 9.30 Å². The molecule has 0 spiro atoms. The molecular formula is C16H20ClN3O2. The first kappa shape index (κ1) is 15.3. The van der Waals surface area contributed by atoms with Gasteiger partial charge in [0, 0.05) is 31.2 Å². The van der Waals surface area contributed by atoms with Crippen molar-refractivity contribution in [3.05, 3.63) is 23.2 Å². The molecule has 6 heteroatoms. The average molecular weight is 322 g/mol. The summed E-state index contributed by atoms with van der Waals surface area (Å²) in [5.74, 6) is 1.12. The van der Waals surface area contributed by atoms with Crippen molar-refractivity contribution in [1.82, 2.24) is 9.55 Å². The first-order chi connectivity index (χ1) is 10.7. The zero-order chi connectivity index (χ0) is 15.5. The van der Waals surface area contributed by atoms with Crippen LogP contribution in [0.2, 0.25) is 5.02 Å². The van der Waals surface area contributed by atoms with Crippen molar-refractivity contribution in [2.45, 2.75) is 32.7 Å². The number of benzene rings is 1. The number of rotatable bonds is 4. The van der Waals surface area contributed by atoms with Crippen LogP contribution in [0.3, 0.4) is 0 Å². The summed E-state index contributed by atoms with van der Waals surface area (Å²) >= 11 is 6.05. The summed E-state index contributed by atoms with van der Waals surface area (Å²) in [5, 5.41) is 3.55. The second-order valence-corrected chi connectivity index (χ2v) is 6.07. The molecule has 1 aromatic heterocycles. The standard InChI is InChI=1S/C16H20ClN3O2/c1-2-15(21)19-16-18-13-9-12(17)3-4-14(13)20(16)10-11-5-7-22-8-6-11/h3-4,9,11H,2,5-8,10H2,1H3,(H,18,19,21). The van der Waals surface area contributed by atoms with E-state index in [0.29, 0.717) is 23.3 Å². The van der Waals surface area contributed by atoms with Crippen molar-refractivity contribution in [2.75, 3.05) is 18.5 Å². The minimum Gasteiger partial charge on any atom is -0.381 e. The summed E-state index contributed by atoms with van der Waals surface area (Å²) in [7, 11) is 0. The van der Waals surface area contributed by atoms with Gasteiger partial charge in [0.2, 0.25) is 11.9 Å². The summed E-state index contributed by atoms with van der Waals surface area (Å²) in [5.41, 5.74) is 1.81. The number of halogens is 1. The lowest BCUT2D eigenvalue weighted by atomic mass is 10.0. The fourth-order valence-corrected chi connectivity index (χ4v) is 2.95. The maximum atomic E-state index is 11.8. The molecule has 0 radical (unpaired) electrons. The lowest BCUT2D eigenvalue weighted by Crippen LogP contribution is -2.22. The van der Waals surface area contributed by atoms with E-state index in [4.69, 9.17) is 16.3 Å². The van der Waals surface area contributed by atoms with Gasteiger partial charge in [0.15, 0.2) is 0 Å². The van der Waals surface area contributed by atoms with Gasteiger partial charge in [0.05, 0.1) is 11.0 Å². The number of anilines is 1. The predicted octanol–water partition coefficient (Wildman–Crippen LogP) is 3.46. The normalized spacial score (nSPS) is 16.1. The molecule has 1 aromatic carbocycles. The topological polar surface area (TPSA) is 56.2 Å². The van der Waals surface area contributed by atoms with Gasteiger partial charge in [-0.15, -0.1) is 0 Å². The molecule has 0 saturated carbocycles. The van der Waals surface area contributed by atoms with E-state index < -0.39 is 0 Å². The molecule has 22 heavy (non-hydrogen) atoms. The molecule has 0 unspecified atom stereocenters. The molecule has 5 nitrogen and oxygen atoms in total. The number of amides is 1. The molecule has 1 fully saturated rings. The summed E-state index contributed by atoms with van der Waals surface area (Å²) in [6.45, 7) is 4.28. The number of ether oxygens (including phenoxy) is 1. The number of nitrogens with one attached hydrogen (secondary N) is 1. The third kappa shape index (κ3) is 3.25. The number of nitrogens with zero attached hydrogens (tertiary/aromatic N) is 2. The highest BCUT2D eigenvalue weighted by Crippen LogP contribution is 2.26. The van der Waals surface area contributed by atoms with E-state index in [2.05, 4.69) is 14.9 Å². The lowest BCUT2D eigenvalue weighted by Gasteiger charge is -2.23. The zero-order valence-corrected chi connectivity index (χ0v) is 13.4. The van der Waals surface area contributed by atoms with Crippen LogP contribution in [0.1, 0.15) is 26.2 Å². The Labute approximate surface area is 134 Å². The Bertz CT molecular complexity index is 677. The van der Waals surface area contributed by atoms with Gasteiger partial charge in [-0.25, -0.2) is 4.98 Å². The van der Waals surface area contributed by atoms with Gasteiger partial charge in [0.1, 0.15) is 0 Å². The van der Waals surface area contributed by atoms with E-state index in [-0.39, 0.29) is 5.91 Å². The fourth-order valence-electron chi connectivity index (χ4n) is 2.78. The number of hydrogen-bond acceptors (Lipinski definition) is 3. The van der Waals surface area contributed by atoms with Crippen LogP contribution in [0.15, 0.2) is 18.2 Å². The van der Waals surface area contributed by atoms with Crippen molar-refractivity contribution in [1.29, 1.82) is 0 Å². The Morgan fingerprint density at radius 1 is 1.45 bits per heavy atom. The molecule has 1 aliphatic heterocycles. The summed E-state index contributed by atoms with van der Waals surface area (Å²) in [6, 6.07) is 5.65. The minimum atomic E-state index is -0.0327. The molecule has 118 valence electrons. The number of carbonyl (C=O) groups is 1. The first-order valence-corrected chi connectivity index (χ1v) is 8.08. The second-order valence-electron chi connectivity index (χ2n) is 5.64. The highest BCUT2D eigenvalue weighted by Gasteiger charge is 2.19. The molecule has 1 N–H and O–H groups in total. The SMILES string of the molecule is CCC(=O)Nc1nc2cc(Cl)ccc2n1CC1CCOCC1. The summed E-state index contributed by atoms with van der Waals surface area (Å²) < 4.78 is 7.51. The van der Waals surface area contributed by atoms with Crippen molar-refractivity contribution in [2.24, 2.45) is 5.92 Å². The van der Waals surface area contributed by atoms with Gasteiger partial charge in [-0.1, -0.05) is 18.5 Å². The molecule has 0 atom stereocenters. The Balaban J connectivity index is 1.95. The maximum Gasteiger partial charge on any atom is 0.226 e. The lowest BCUT2D eigenvalue weighted by molar-refractivity contribution is -0.115. The van der Waals surface area contributed by atoms with Gasteiger partial charge >= 0.3 is 0 Å². The molecule has 0 aliphatic carbocycles. The molecule has 1 aliphatic rings. The van der Waals surface area contributed by atoms with Crippen LogP contribution in [0.4, 0.5) is 5.95 Å². The zero-order valence-electron chi connectivity index (χ0n) is 12.6. The van der Waals surface area contributed by atoms with Crippen LogP contribution in [0.5, 0.6) is 0 Å². The van der Waals surface area contributed by atoms with Crippen LogP contribution >= 0.6 is 11.6 Å². The van der Waals surface area contributed by atoms with Gasteiger partial charge in [-0.2, -0.15) is 0 Å². The van der Waals surface area contributed by atoms with E-state index in [1.807, 2.05) is 25.1 Å². The third-order valence-electron chi connectivity index (χ3n) is 4.06. The number of carbonyl (C=O) groups excluding carboxylic acids is 1. The quantitative estimate of drug-likeness (QED) is 0.938. The maximum absolute atomic E-state index is 11.8. The van der Waals surface area contributed by atoms with Crippen molar-refractivity contribution < 1.29 is 9.53 Å². The molecule has 3 rings (SSSR count). The van der Waals surface area contributed by atoms with Crippen molar-refractivity contribution >= 4 is 34.5 Å². The number of aromatic nitrogens is 2. The van der Waals surface area contributed by atoms with E-state index in [9.17, 15) is 4.79 Å². The van der Waals surface area contributed by atoms with Crippen LogP contribution in [-0.4, -0.2) is 28.7 Å². The smallest absolute Gasteiger partial charge is 0.226 e. The Kier molecular flexibility index (Phi) is 4.64. The van der Waals surface area contributed by atoms with E-state index in [1.54, 1.807) is 0 Å². The molecule has 2 aromatic rings. The predicted molar refractivity (Wildman–Crippen MR) is 87.2 cm³/mol. The van der Waals surface area contributed by atoms with Gasteiger partial charge in [0.25, 0.3) is 0 Å². The summed E-state index contributed by atoms with van der Waals surface area (Å²) in [4.78, 5) is 16.3. The number of imidazole rings is 1. The molecule has 1 amide bonds.